The molecule has 0 aromatic heterocycles. The third-order valence-electron chi connectivity index (χ3n) is 3.86. The lowest BCUT2D eigenvalue weighted by atomic mass is 9.91. The first-order chi connectivity index (χ1) is 13.0. The first-order valence-electron chi connectivity index (χ1n) is 7.92. The predicted octanol–water partition coefficient (Wildman–Crippen LogP) is 4.53. The van der Waals surface area contributed by atoms with Crippen molar-refractivity contribution in [3.8, 4) is 5.75 Å². The topological polar surface area (TPSA) is 107 Å². The Bertz CT molecular complexity index is 899. The van der Waals surface area contributed by atoms with Crippen molar-refractivity contribution in [1.29, 1.82) is 0 Å². The summed E-state index contributed by atoms with van der Waals surface area (Å²) in [4.78, 5) is 24.5. The van der Waals surface area contributed by atoms with Crippen LogP contribution in [0.4, 0.5) is 13.2 Å². The van der Waals surface area contributed by atoms with E-state index in [2.05, 4.69) is 36.6 Å². The lowest BCUT2D eigenvalue weighted by Gasteiger charge is -2.22. The molecule has 0 fully saturated rings. The number of halogens is 5. The smallest absolute Gasteiger partial charge is 0.426 e. The fourth-order valence-corrected chi connectivity index (χ4v) is 3.60. The number of carbonyl (C=O) groups is 2. The van der Waals surface area contributed by atoms with E-state index in [1.54, 1.807) is 20.8 Å². The lowest BCUT2D eigenvalue weighted by Crippen LogP contribution is -2.39. The summed E-state index contributed by atoms with van der Waals surface area (Å²) < 4.78 is 78.9. The molecule has 0 aliphatic rings. The monoisotopic (exact) mass is 568 g/mol. The molecule has 13 heteroatoms. The molecule has 0 aliphatic carbocycles. The van der Waals surface area contributed by atoms with E-state index < -0.39 is 51.1 Å². The zero-order valence-electron chi connectivity index (χ0n) is 15.3. The highest BCUT2D eigenvalue weighted by atomic mass is 79.9. The fraction of sp³-hybridized carbons (Fsp3) is 0.500. The molecule has 0 amide bonds. The molecule has 0 radical (unpaired) electrons. The zero-order chi connectivity index (χ0) is 22.8. The number of hydrogen-bond donors (Lipinski definition) is 1. The van der Waals surface area contributed by atoms with E-state index in [1.807, 2.05) is 0 Å². The number of carbonyl (C=O) groups excluding carboxylic acids is 2. The molecule has 0 spiro atoms. The first-order valence-corrected chi connectivity index (χ1v) is 11.1. The summed E-state index contributed by atoms with van der Waals surface area (Å²) in [6.07, 6.45) is -7.89. The summed E-state index contributed by atoms with van der Waals surface area (Å²) in [6, 6.07) is 2.23. The van der Waals surface area contributed by atoms with Crippen LogP contribution in [-0.4, -0.2) is 42.9 Å². The van der Waals surface area contributed by atoms with Crippen LogP contribution in [0.3, 0.4) is 0 Å². The Morgan fingerprint density at radius 2 is 1.72 bits per heavy atom. The van der Waals surface area contributed by atoms with Gasteiger partial charge in [-0.3, -0.25) is 9.35 Å². The summed E-state index contributed by atoms with van der Waals surface area (Å²) in [5.74, 6) is -4.18. The molecular formula is C16H17Br2F3O7S. The van der Waals surface area contributed by atoms with Crippen LogP contribution >= 0.6 is 31.9 Å². The number of benzene rings is 1. The summed E-state index contributed by atoms with van der Waals surface area (Å²) in [6.45, 7) is 5.01. The van der Waals surface area contributed by atoms with Gasteiger partial charge in [0.1, 0.15) is 11.5 Å². The molecule has 1 atom stereocenters. The fourth-order valence-electron chi connectivity index (χ4n) is 1.73. The van der Waals surface area contributed by atoms with Crippen LogP contribution in [0.2, 0.25) is 0 Å². The highest BCUT2D eigenvalue weighted by Crippen LogP contribution is 2.35. The zero-order valence-corrected chi connectivity index (χ0v) is 19.3. The second-order valence-corrected chi connectivity index (χ2v) is 9.78. The molecule has 164 valence electrons. The van der Waals surface area contributed by atoms with E-state index in [0.29, 0.717) is 6.42 Å². The van der Waals surface area contributed by atoms with Crippen LogP contribution in [0.25, 0.3) is 0 Å². The average molecular weight is 570 g/mol. The molecule has 0 aliphatic heterocycles. The van der Waals surface area contributed by atoms with Crippen molar-refractivity contribution in [2.45, 2.75) is 39.5 Å². The van der Waals surface area contributed by atoms with Crippen molar-refractivity contribution in [3.63, 3.8) is 0 Å². The lowest BCUT2D eigenvalue weighted by molar-refractivity contribution is -0.197. The second-order valence-electron chi connectivity index (χ2n) is 6.57. The van der Waals surface area contributed by atoms with Gasteiger partial charge in [0.2, 0.25) is 6.10 Å². The van der Waals surface area contributed by atoms with Crippen molar-refractivity contribution in [2.75, 3.05) is 5.75 Å². The van der Waals surface area contributed by atoms with Crippen LogP contribution in [0.1, 0.15) is 37.6 Å². The molecule has 7 nitrogen and oxygen atoms in total. The third-order valence-corrected chi connectivity index (χ3v) is 5.86. The van der Waals surface area contributed by atoms with Crippen LogP contribution in [0, 0.1) is 5.41 Å². The molecule has 29 heavy (non-hydrogen) atoms. The number of ether oxygens (including phenoxy) is 2. The van der Waals surface area contributed by atoms with Gasteiger partial charge in [0.05, 0.1) is 15.5 Å². The normalized spacial score (nSPS) is 13.7. The van der Waals surface area contributed by atoms with Crippen molar-refractivity contribution in [1.82, 2.24) is 0 Å². The van der Waals surface area contributed by atoms with Crippen molar-refractivity contribution in [3.05, 3.63) is 26.6 Å². The second kappa shape index (κ2) is 9.31. The maximum absolute atomic E-state index is 13.0. The van der Waals surface area contributed by atoms with E-state index in [-0.39, 0.29) is 14.7 Å². The van der Waals surface area contributed by atoms with E-state index in [1.165, 1.54) is 6.07 Å². The first kappa shape index (κ1) is 25.9. The number of esters is 2. The SMILES string of the molecule is CCC(C)(C)C(=O)Oc1cc(C(=O)OC(CS(=O)(=O)O)C(F)(F)F)c(Br)cc1Br. The van der Waals surface area contributed by atoms with Gasteiger partial charge in [-0.05, 0) is 64.3 Å². The van der Waals surface area contributed by atoms with Gasteiger partial charge in [-0.25, -0.2) is 4.79 Å². The summed E-state index contributed by atoms with van der Waals surface area (Å²) >= 11 is 6.10. The molecular weight excluding hydrogens is 553 g/mol. The molecule has 0 bridgehead atoms. The van der Waals surface area contributed by atoms with E-state index in [4.69, 9.17) is 9.29 Å². The third kappa shape index (κ3) is 7.54. The van der Waals surface area contributed by atoms with Crippen LogP contribution in [0.5, 0.6) is 5.75 Å². The van der Waals surface area contributed by atoms with Crippen LogP contribution in [-0.2, 0) is 19.6 Å². The maximum Gasteiger partial charge on any atom is 0.426 e. The molecule has 0 saturated heterocycles. The summed E-state index contributed by atoms with van der Waals surface area (Å²) in [5.41, 5.74) is -1.31. The molecule has 1 aromatic carbocycles. The molecule has 1 unspecified atom stereocenters. The van der Waals surface area contributed by atoms with Crippen LogP contribution in [0.15, 0.2) is 21.1 Å². The van der Waals surface area contributed by atoms with E-state index in [9.17, 15) is 31.2 Å². The van der Waals surface area contributed by atoms with Gasteiger partial charge in [0.25, 0.3) is 10.1 Å². The minimum Gasteiger partial charge on any atom is -0.448 e. The Kier molecular flexibility index (Phi) is 8.30. The Morgan fingerprint density at radius 3 is 2.17 bits per heavy atom. The van der Waals surface area contributed by atoms with Gasteiger partial charge in [-0.1, -0.05) is 6.92 Å². The standard InChI is InChI=1S/C16H17Br2F3O7S/c1-4-15(2,3)14(23)27-11-5-8(9(17)6-10(11)18)13(22)28-12(16(19,20)21)7-29(24,25)26/h5-6,12H,4,7H2,1-3H3,(H,24,25,26). The number of hydrogen-bond acceptors (Lipinski definition) is 6. The summed E-state index contributed by atoms with van der Waals surface area (Å²) in [7, 11) is -5.08. The Morgan fingerprint density at radius 1 is 1.17 bits per heavy atom. The molecule has 0 heterocycles. The highest BCUT2D eigenvalue weighted by Gasteiger charge is 2.45. The Labute approximate surface area is 181 Å². The van der Waals surface area contributed by atoms with Crippen molar-refractivity contribution >= 4 is 53.9 Å². The summed E-state index contributed by atoms with van der Waals surface area (Å²) in [5, 5.41) is 0. The molecule has 1 N–H and O–H groups in total. The Balaban J connectivity index is 3.23. The number of alkyl halides is 3. The average Bonchev–Trinajstić information content (AvgIpc) is 2.54. The molecule has 0 saturated carbocycles. The van der Waals surface area contributed by atoms with Gasteiger partial charge in [0.15, 0.2) is 0 Å². The largest absolute Gasteiger partial charge is 0.448 e. The van der Waals surface area contributed by atoms with Gasteiger partial charge in [0, 0.05) is 4.47 Å². The van der Waals surface area contributed by atoms with Gasteiger partial charge in [-0.15, -0.1) is 0 Å². The Hall–Kier alpha value is -1.18. The molecule has 1 aromatic rings. The van der Waals surface area contributed by atoms with Crippen LogP contribution < -0.4 is 4.74 Å². The quantitative estimate of drug-likeness (QED) is 0.292. The highest BCUT2D eigenvalue weighted by molar-refractivity contribution is 9.11. The minimum absolute atomic E-state index is 0.00305. The minimum atomic E-state index is -5.24. The van der Waals surface area contributed by atoms with Gasteiger partial charge >= 0.3 is 18.1 Å². The van der Waals surface area contributed by atoms with E-state index in [0.717, 1.165) is 6.07 Å². The van der Waals surface area contributed by atoms with Crippen molar-refractivity contribution < 1.29 is 45.2 Å². The predicted molar refractivity (Wildman–Crippen MR) is 103 cm³/mol. The van der Waals surface area contributed by atoms with E-state index >= 15 is 0 Å². The van der Waals surface area contributed by atoms with Gasteiger partial charge in [-0.2, -0.15) is 21.6 Å². The van der Waals surface area contributed by atoms with Gasteiger partial charge < -0.3 is 9.47 Å². The van der Waals surface area contributed by atoms with Crippen molar-refractivity contribution in [2.24, 2.45) is 5.41 Å². The maximum atomic E-state index is 13.0. The number of rotatable bonds is 7. The molecule has 1 rings (SSSR count).